The van der Waals surface area contributed by atoms with Crippen LogP contribution in [0.25, 0.3) is 0 Å². The maximum absolute atomic E-state index is 11.8. The first-order valence-electron chi connectivity index (χ1n) is 6.64. The molecule has 1 aromatic rings. The lowest BCUT2D eigenvalue weighted by Crippen LogP contribution is -2.39. The van der Waals surface area contributed by atoms with E-state index in [1.807, 2.05) is 0 Å². The Morgan fingerprint density at radius 3 is 2.84 bits per heavy atom. The maximum atomic E-state index is 11.8. The summed E-state index contributed by atoms with van der Waals surface area (Å²) in [6.07, 6.45) is 2.28. The lowest BCUT2D eigenvalue weighted by molar-refractivity contribution is 0.0547. The third-order valence-corrected chi connectivity index (χ3v) is 3.62. The monoisotopic (exact) mass is 267 g/mol. The molecule has 0 saturated carbocycles. The van der Waals surface area contributed by atoms with Crippen molar-refractivity contribution < 1.29 is 4.74 Å². The zero-order valence-electron chi connectivity index (χ0n) is 11.5. The van der Waals surface area contributed by atoms with Crippen molar-refractivity contribution in [2.45, 2.75) is 19.4 Å². The molecule has 1 atom stereocenters. The number of aromatic nitrogens is 2. The quantitative estimate of drug-likeness (QED) is 0.806. The molecule has 1 aliphatic heterocycles. The fourth-order valence-corrected chi connectivity index (χ4v) is 2.32. The molecule has 0 aliphatic carbocycles. The molecular weight excluding hydrogens is 246 g/mol. The minimum atomic E-state index is -0.287. The van der Waals surface area contributed by atoms with Crippen LogP contribution in [0.15, 0.2) is 15.7 Å². The number of nitrogens with zero attached hydrogens (tertiary/aromatic N) is 2. The van der Waals surface area contributed by atoms with E-state index in [2.05, 4.69) is 5.32 Å². The van der Waals surface area contributed by atoms with E-state index in [9.17, 15) is 9.59 Å². The molecule has 6 heteroatoms. The van der Waals surface area contributed by atoms with Crippen LogP contribution in [-0.4, -0.2) is 28.9 Å². The fraction of sp³-hybridized carbons (Fsp3) is 0.692. The summed E-state index contributed by atoms with van der Waals surface area (Å²) in [4.78, 5) is 23.3. The van der Waals surface area contributed by atoms with E-state index in [0.717, 1.165) is 30.7 Å². The van der Waals surface area contributed by atoms with Gasteiger partial charge in [-0.3, -0.25) is 13.9 Å². The van der Waals surface area contributed by atoms with Gasteiger partial charge in [0.2, 0.25) is 0 Å². The van der Waals surface area contributed by atoms with Gasteiger partial charge in [0.25, 0.3) is 5.56 Å². The molecule has 2 heterocycles. The van der Waals surface area contributed by atoms with Crippen LogP contribution in [0.3, 0.4) is 0 Å². The second kappa shape index (κ2) is 6.16. The molecule has 19 heavy (non-hydrogen) atoms. The molecule has 1 aliphatic rings. The highest BCUT2D eigenvalue weighted by Gasteiger charge is 2.13. The summed E-state index contributed by atoms with van der Waals surface area (Å²) in [5, 5.41) is 3.30. The molecule has 1 unspecified atom stereocenters. The first-order chi connectivity index (χ1) is 9.09. The first kappa shape index (κ1) is 14.0. The molecule has 1 aromatic heterocycles. The van der Waals surface area contributed by atoms with Gasteiger partial charge >= 0.3 is 5.69 Å². The minimum Gasteiger partial charge on any atom is -0.381 e. The van der Waals surface area contributed by atoms with Gasteiger partial charge in [-0.1, -0.05) is 0 Å². The highest BCUT2D eigenvalue weighted by Crippen LogP contribution is 2.12. The molecule has 1 saturated heterocycles. The molecule has 106 valence electrons. The van der Waals surface area contributed by atoms with Crippen molar-refractivity contribution >= 4 is 0 Å². The van der Waals surface area contributed by atoms with Crippen molar-refractivity contribution in [3.63, 3.8) is 0 Å². The van der Waals surface area contributed by atoms with Gasteiger partial charge in [0.15, 0.2) is 0 Å². The number of hydrogen-bond donors (Lipinski definition) is 1. The predicted octanol–water partition coefficient (Wildman–Crippen LogP) is -0.400. The third-order valence-electron chi connectivity index (χ3n) is 3.62. The largest absolute Gasteiger partial charge is 0.381 e. The Bertz CT molecular complexity index is 541. The summed E-state index contributed by atoms with van der Waals surface area (Å²) in [5.41, 5.74) is 0.163. The van der Waals surface area contributed by atoms with Crippen LogP contribution in [0.1, 0.15) is 18.5 Å². The molecule has 2 rings (SSSR count). The smallest absolute Gasteiger partial charge is 0.330 e. The van der Waals surface area contributed by atoms with Gasteiger partial charge < -0.3 is 10.1 Å². The second-order valence-electron chi connectivity index (χ2n) is 5.09. The molecule has 0 aromatic carbocycles. The van der Waals surface area contributed by atoms with Gasteiger partial charge in [0.05, 0.1) is 6.61 Å². The van der Waals surface area contributed by atoms with Crippen LogP contribution in [0, 0.1) is 5.92 Å². The van der Waals surface area contributed by atoms with E-state index < -0.39 is 0 Å². The summed E-state index contributed by atoms with van der Waals surface area (Å²) in [6.45, 7) is 3.03. The molecule has 0 spiro atoms. The maximum Gasteiger partial charge on any atom is 0.330 e. The molecule has 6 nitrogen and oxygen atoms in total. The van der Waals surface area contributed by atoms with Crippen LogP contribution < -0.4 is 16.6 Å². The zero-order valence-corrected chi connectivity index (χ0v) is 11.5. The predicted molar refractivity (Wildman–Crippen MR) is 72.2 cm³/mol. The summed E-state index contributed by atoms with van der Waals surface area (Å²) in [7, 11) is 3.17. The topological polar surface area (TPSA) is 65.3 Å². The summed E-state index contributed by atoms with van der Waals surface area (Å²) >= 11 is 0. The Labute approximate surface area is 112 Å². The average molecular weight is 267 g/mol. The molecule has 0 radical (unpaired) electrons. The SMILES string of the molecule is Cn1c(CNCC2CCCOC2)cc(=O)n(C)c1=O. The van der Waals surface area contributed by atoms with E-state index in [1.54, 1.807) is 7.05 Å². The van der Waals surface area contributed by atoms with Crippen LogP contribution >= 0.6 is 0 Å². The molecule has 1 N–H and O–H groups in total. The molecule has 0 bridgehead atoms. The van der Waals surface area contributed by atoms with Gasteiger partial charge in [-0.2, -0.15) is 0 Å². The summed E-state index contributed by atoms with van der Waals surface area (Å²) in [5.74, 6) is 0.525. The average Bonchev–Trinajstić information content (AvgIpc) is 2.43. The summed E-state index contributed by atoms with van der Waals surface area (Å²) in [6, 6.07) is 1.51. The van der Waals surface area contributed by atoms with Crippen molar-refractivity contribution in [3.8, 4) is 0 Å². The highest BCUT2D eigenvalue weighted by molar-refractivity contribution is 5.01. The number of rotatable bonds is 4. The normalized spacial score (nSPS) is 19.6. The second-order valence-corrected chi connectivity index (χ2v) is 5.09. The van der Waals surface area contributed by atoms with Gasteiger partial charge in [-0.05, 0) is 18.8 Å². The summed E-state index contributed by atoms with van der Waals surface area (Å²) < 4.78 is 8.03. The minimum absolute atomic E-state index is 0.263. The molecule has 1 fully saturated rings. The Hall–Kier alpha value is -1.40. The van der Waals surface area contributed by atoms with Crippen LogP contribution in [0.4, 0.5) is 0 Å². The first-order valence-corrected chi connectivity index (χ1v) is 6.64. The van der Waals surface area contributed by atoms with E-state index in [4.69, 9.17) is 4.74 Å². The Kier molecular flexibility index (Phi) is 4.55. The number of nitrogens with one attached hydrogen (secondary N) is 1. The van der Waals surface area contributed by atoms with Crippen LogP contribution in [0.5, 0.6) is 0 Å². The molecular formula is C13H21N3O3. The Balaban J connectivity index is 1.96. The standard InChI is InChI=1S/C13H21N3O3/c1-15-11(6-12(17)16(2)13(15)18)8-14-7-10-4-3-5-19-9-10/h6,10,14H,3-5,7-9H2,1-2H3. The van der Waals surface area contributed by atoms with Crippen molar-refractivity contribution in [1.29, 1.82) is 0 Å². The fourth-order valence-electron chi connectivity index (χ4n) is 2.32. The van der Waals surface area contributed by atoms with Crippen molar-refractivity contribution in [2.24, 2.45) is 20.0 Å². The van der Waals surface area contributed by atoms with E-state index in [1.165, 1.54) is 24.1 Å². The van der Waals surface area contributed by atoms with Crippen molar-refractivity contribution in [3.05, 3.63) is 32.6 Å². The lowest BCUT2D eigenvalue weighted by Gasteiger charge is -2.22. The third kappa shape index (κ3) is 3.33. The van der Waals surface area contributed by atoms with E-state index >= 15 is 0 Å². The van der Waals surface area contributed by atoms with Crippen molar-refractivity contribution in [1.82, 2.24) is 14.5 Å². The number of ether oxygens (including phenoxy) is 1. The van der Waals surface area contributed by atoms with Crippen LogP contribution in [0.2, 0.25) is 0 Å². The Morgan fingerprint density at radius 2 is 2.16 bits per heavy atom. The van der Waals surface area contributed by atoms with Gasteiger partial charge in [-0.25, -0.2) is 4.79 Å². The highest BCUT2D eigenvalue weighted by atomic mass is 16.5. The van der Waals surface area contributed by atoms with Gasteiger partial charge in [-0.15, -0.1) is 0 Å². The Morgan fingerprint density at radius 1 is 1.37 bits per heavy atom. The van der Waals surface area contributed by atoms with E-state index in [0.29, 0.717) is 18.2 Å². The van der Waals surface area contributed by atoms with Crippen molar-refractivity contribution in [2.75, 3.05) is 19.8 Å². The van der Waals surface area contributed by atoms with Crippen LogP contribution in [-0.2, 0) is 25.4 Å². The van der Waals surface area contributed by atoms with Gasteiger partial charge in [0, 0.05) is 45.6 Å². The molecule has 0 amide bonds. The van der Waals surface area contributed by atoms with E-state index in [-0.39, 0.29) is 11.2 Å². The lowest BCUT2D eigenvalue weighted by atomic mass is 10.0. The number of hydrogen-bond acceptors (Lipinski definition) is 4. The van der Waals surface area contributed by atoms with Gasteiger partial charge in [0.1, 0.15) is 0 Å². The zero-order chi connectivity index (χ0) is 13.8.